The number of carbonyl (C=O) groups excluding carboxylic acids is 1. The molecule has 0 spiro atoms. The van der Waals surface area contributed by atoms with Gasteiger partial charge in [0.25, 0.3) is 5.91 Å². The number of rotatable bonds is 3. The zero-order valence-electron chi connectivity index (χ0n) is 14.5. The SMILES string of the molecule is O=C(C(=Nc1ccc(Cl)c(Cl)c1)NNc1ccc(Cl)cc1)N1CCCCC1. The lowest BCUT2D eigenvalue weighted by Crippen LogP contribution is -2.46. The van der Waals surface area contributed by atoms with E-state index in [0.717, 1.165) is 38.0 Å². The number of hydrogen-bond donors (Lipinski definition) is 2. The average Bonchev–Trinajstić information content (AvgIpc) is 2.69. The topological polar surface area (TPSA) is 56.7 Å². The van der Waals surface area contributed by atoms with Crippen molar-refractivity contribution < 1.29 is 4.79 Å². The van der Waals surface area contributed by atoms with Gasteiger partial charge in [0.2, 0.25) is 5.84 Å². The Hall–Kier alpha value is -1.95. The van der Waals surface area contributed by atoms with Gasteiger partial charge in [0.15, 0.2) is 0 Å². The van der Waals surface area contributed by atoms with Crippen LogP contribution in [0.2, 0.25) is 15.1 Å². The van der Waals surface area contributed by atoms with Gasteiger partial charge in [0, 0.05) is 18.1 Å². The number of aliphatic imine (C=N–C) groups is 1. The molecule has 0 atom stereocenters. The Morgan fingerprint density at radius 1 is 0.926 bits per heavy atom. The Kier molecular flexibility index (Phi) is 6.83. The maximum Gasteiger partial charge on any atom is 0.291 e. The number of amidine groups is 1. The standard InChI is InChI=1S/C19H19Cl3N4O/c20-13-4-6-14(7-5-13)24-25-18(19(27)26-10-2-1-3-11-26)23-15-8-9-16(21)17(22)12-15/h4-9,12,24H,1-3,10-11H2,(H,23,25). The van der Waals surface area contributed by atoms with Gasteiger partial charge >= 0.3 is 0 Å². The summed E-state index contributed by atoms with van der Waals surface area (Å²) in [5.74, 6) is 0.0208. The zero-order chi connectivity index (χ0) is 19.2. The van der Waals surface area contributed by atoms with Crippen molar-refractivity contribution in [2.75, 3.05) is 18.5 Å². The van der Waals surface area contributed by atoms with E-state index in [9.17, 15) is 4.79 Å². The van der Waals surface area contributed by atoms with Gasteiger partial charge in [0.05, 0.1) is 21.4 Å². The molecule has 0 aliphatic carbocycles. The number of carbonyl (C=O) groups is 1. The third kappa shape index (κ3) is 5.51. The number of nitrogens with zero attached hydrogens (tertiary/aromatic N) is 2. The minimum absolute atomic E-state index is 0.165. The van der Waals surface area contributed by atoms with Crippen molar-refractivity contribution in [3.8, 4) is 0 Å². The molecule has 2 aromatic carbocycles. The molecule has 142 valence electrons. The molecular formula is C19H19Cl3N4O. The number of piperidine rings is 1. The van der Waals surface area contributed by atoms with Gasteiger partial charge < -0.3 is 4.90 Å². The summed E-state index contributed by atoms with van der Waals surface area (Å²) < 4.78 is 0. The second kappa shape index (κ2) is 9.31. The number of anilines is 1. The summed E-state index contributed by atoms with van der Waals surface area (Å²) in [6.45, 7) is 1.45. The van der Waals surface area contributed by atoms with Gasteiger partial charge in [-0.25, -0.2) is 4.99 Å². The molecule has 1 amide bonds. The molecule has 8 heteroatoms. The molecule has 2 aromatic rings. The maximum absolute atomic E-state index is 12.9. The third-order valence-corrected chi connectivity index (χ3v) is 5.15. The normalized spacial score (nSPS) is 14.8. The van der Waals surface area contributed by atoms with Crippen LogP contribution in [0.3, 0.4) is 0 Å². The van der Waals surface area contributed by atoms with Gasteiger partial charge in [0.1, 0.15) is 0 Å². The second-order valence-corrected chi connectivity index (χ2v) is 7.42. The van der Waals surface area contributed by atoms with Crippen molar-refractivity contribution in [3.63, 3.8) is 0 Å². The highest BCUT2D eigenvalue weighted by molar-refractivity contribution is 6.42. The number of likely N-dealkylation sites (tertiary alicyclic amines) is 1. The van der Waals surface area contributed by atoms with E-state index in [1.165, 1.54) is 0 Å². The Balaban J connectivity index is 1.82. The van der Waals surface area contributed by atoms with Crippen molar-refractivity contribution in [3.05, 3.63) is 57.5 Å². The van der Waals surface area contributed by atoms with E-state index in [2.05, 4.69) is 15.8 Å². The van der Waals surface area contributed by atoms with Gasteiger partial charge in [-0.05, 0) is 61.7 Å². The smallest absolute Gasteiger partial charge is 0.291 e. The fourth-order valence-electron chi connectivity index (χ4n) is 2.72. The highest BCUT2D eigenvalue weighted by atomic mass is 35.5. The van der Waals surface area contributed by atoms with Gasteiger partial charge in [-0.1, -0.05) is 34.8 Å². The molecule has 1 fully saturated rings. The number of amides is 1. The number of benzene rings is 2. The van der Waals surface area contributed by atoms with E-state index < -0.39 is 0 Å². The van der Waals surface area contributed by atoms with Crippen LogP contribution in [0.15, 0.2) is 47.5 Å². The second-order valence-electron chi connectivity index (χ2n) is 6.17. The largest absolute Gasteiger partial charge is 0.336 e. The van der Waals surface area contributed by atoms with E-state index >= 15 is 0 Å². The quantitative estimate of drug-likeness (QED) is 0.398. The van der Waals surface area contributed by atoms with Crippen LogP contribution < -0.4 is 10.9 Å². The minimum atomic E-state index is -0.165. The lowest BCUT2D eigenvalue weighted by molar-refractivity contribution is -0.125. The predicted molar refractivity (Wildman–Crippen MR) is 112 cm³/mol. The summed E-state index contributed by atoms with van der Waals surface area (Å²) >= 11 is 17.9. The molecule has 1 saturated heterocycles. The molecule has 0 bridgehead atoms. The summed E-state index contributed by atoms with van der Waals surface area (Å²) in [4.78, 5) is 19.2. The summed E-state index contributed by atoms with van der Waals surface area (Å²) in [7, 11) is 0. The monoisotopic (exact) mass is 424 g/mol. The van der Waals surface area contributed by atoms with Crippen LogP contribution in [0.5, 0.6) is 0 Å². The van der Waals surface area contributed by atoms with E-state index in [-0.39, 0.29) is 11.7 Å². The van der Waals surface area contributed by atoms with Crippen LogP contribution >= 0.6 is 34.8 Å². The maximum atomic E-state index is 12.9. The molecule has 2 N–H and O–H groups in total. The van der Waals surface area contributed by atoms with Crippen LogP contribution in [0, 0.1) is 0 Å². The summed E-state index contributed by atoms with van der Waals surface area (Å²) in [6, 6.07) is 12.1. The number of hydrogen-bond acceptors (Lipinski definition) is 3. The molecule has 0 radical (unpaired) electrons. The molecule has 1 aliphatic heterocycles. The molecular weight excluding hydrogens is 407 g/mol. The fourth-order valence-corrected chi connectivity index (χ4v) is 3.14. The van der Waals surface area contributed by atoms with Crippen molar-refractivity contribution in [2.24, 2.45) is 4.99 Å². The third-order valence-electron chi connectivity index (χ3n) is 4.16. The Labute approximate surface area is 173 Å². The highest BCUT2D eigenvalue weighted by Gasteiger charge is 2.22. The average molecular weight is 426 g/mol. The minimum Gasteiger partial charge on any atom is -0.336 e. The Bertz CT molecular complexity index is 833. The molecule has 1 aliphatic rings. The van der Waals surface area contributed by atoms with Crippen molar-refractivity contribution in [1.82, 2.24) is 10.3 Å². The van der Waals surface area contributed by atoms with E-state index in [1.807, 2.05) is 0 Å². The lowest BCUT2D eigenvalue weighted by Gasteiger charge is -2.27. The van der Waals surface area contributed by atoms with Gasteiger partial charge in [-0.2, -0.15) is 0 Å². The van der Waals surface area contributed by atoms with Crippen molar-refractivity contribution in [2.45, 2.75) is 19.3 Å². The van der Waals surface area contributed by atoms with E-state index in [4.69, 9.17) is 34.8 Å². The summed E-state index contributed by atoms with van der Waals surface area (Å²) in [5.41, 5.74) is 7.21. The first-order chi connectivity index (χ1) is 13.0. The zero-order valence-corrected chi connectivity index (χ0v) is 16.8. The molecule has 0 unspecified atom stereocenters. The number of hydrazine groups is 1. The number of nitrogens with one attached hydrogen (secondary N) is 2. The van der Waals surface area contributed by atoms with Gasteiger partial charge in [-0.3, -0.25) is 15.6 Å². The Morgan fingerprint density at radius 3 is 2.30 bits per heavy atom. The Morgan fingerprint density at radius 2 is 1.63 bits per heavy atom. The van der Waals surface area contributed by atoms with Crippen LogP contribution in [-0.4, -0.2) is 29.7 Å². The van der Waals surface area contributed by atoms with E-state index in [1.54, 1.807) is 47.4 Å². The van der Waals surface area contributed by atoms with E-state index in [0.29, 0.717) is 20.8 Å². The van der Waals surface area contributed by atoms with Crippen LogP contribution in [0.4, 0.5) is 11.4 Å². The van der Waals surface area contributed by atoms with Crippen molar-refractivity contribution in [1.29, 1.82) is 0 Å². The highest BCUT2D eigenvalue weighted by Crippen LogP contribution is 2.26. The van der Waals surface area contributed by atoms with Crippen LogP contribution in [-0.2, 0) is 4.79 Å². The first kappa shape index (κ1) is 19.8. The van der Waals surface area contributed by atoms with Crippen molar-refractivity contribution >= 4 is 57.9 Å². The molecule has 3 rings (SSSR count). The summed E-state index contributed by atoms with van der Waals surface area (Å²) in [6.07, 6.45) is 3.13. The number of halogens is 3. The molecule has 0 saturated carbocycles. The lowest BCUT2D eigenvalue weighted by atomic mass is 10.1. The fraction of sp³-hybridized carbons (Fsp3) is 0.263. The molecule has 27 heavy (non-hydrogen) atoms. The molecule has 0 aromatic heterocycles. The predicted octanol–water partition coefficient (Wildman–Crippen LogP) is 5.31. The van der Waals surface area contributed by atoms with Crippen LogP contribution in [0.1, 0.15) is 19.3 Å². The molecule has 5 nitrogen and oxygen atoms in total. The molecule has 1 heterocycles. The first-order valence-electron chi connectivity index (χ1n) is 8.63. The first-order valence-corrected chi connectivity index (χ1v) is 9.77. The summed E-state index contributed by atoms with van der Waals surface area (Å²) in [5, 5.41) is 1.45. The van der Waals surface area contributed by atoms with Crippen LogP contribution in [0.25, 0.3) is 0 Å². The van der Waals surface area contributed by atoms with Gasteiger partial charge in [-0.15, -0.1) is 0 Å².